The summed E-state index contributed by atoms with van der Waals surface area (Å²) in [7, 11) is 0. The molecule has 0 radical (unpaired) electrons. The minimum atomic E-state index is 0.753. The number of rotatable bonds is 3. The monoisotopic (exact) mass is 266 g/mol. The number of nitriles is 1. The third-order valence-electron chi connectivity index (χ3n) is 2.66. The number of hydrogen-bond donors (Lipinski definition) is 0. The average Bonchev–Trinajstić information content (AvgIpc) is 2.46. The van der Waals surface area contributed by atoms with Gasteiger partial charge in [-0.25, -0.2) is 0 Å². The summed E-state index contributed by atoms with van der Waals surface area (Å²) in [6, 6.07) is 16.2. The molecule has 2 rings (SSSR count). The van der Waals surface area contributed by atoms with Crippen LogP contribution in [-0.2, 0) is 0 Å². The second-order valence-electron chi connectivity index (χ2n) is 3.84. The van der Waals surface area contributed by atoms with Crippen molar-refractivity contribution in [3.63, 3.8) is 0 Å². The van der Waals surface area contributed by atoms with Gasteiger partial charge >= 0.3 is 0 Å². The second kappa shape index (κ2) is 6.53. The zero-order chi connectivity index (χ0) is 13.5. The maximum absolute atomic E-state index is 8.84. The van der Waals surface area contributed by atoms with E-state index >= 15 is 0 Å². The Morgan fingerprint density at radius 2 is 1.95 bits per heavy atom. The van der Waals surface area contributed by atoms with E-state index in [2.05, 4.69) is 11.1 Å². The molecule has 0 N–H and O–H groups in total. The highest BCUT2D eigenvalue weighted by atomic mass is 35.5. The molecule has 0 amide bonds. The highest BCUT2D eigenvalue weighted by Crippen LogP contribution is 2.20. The predicted molar refractivity (Wildman–Crippen MR) is 81.0 cm³/mol. The van der Waals surface area contributed by atoms with Gasteiger partial charge in [0.05, 0.1) is 6.07 Å². The van der Waals surface area contributed by atoms with Crippen molar-refractivity contribution in [2.24, 2.45) is 4.99 Å². The Labute approximate surface area is 117 Å². The molecule has 19 heavy (non-hydrogen) atoms. The number of benzene rings is 2. The quantitative estimate of drug-likeness (QED) is 0.594. The first-order chi connectivity index (χ1) is 9.35. The summed E-state index contributed by atoms with van der Waals surface area (Å²) in [5.41, 5.74) is 3.02. The molecule has 0 heterocycles. The highest BCUT2D eigenvalue weighted by molar-refractivity contribution is 6.25. The molecule has 92 valence electrons. The third kappa shape index (κ3) is 3.31. The summed E-state index contributed by atoms with van der Waals surface area (Å²) < 4.78 is 0. The molecular weight excluding hydrogens is 256 g/mol. The van der Waals surface area contributed by atoms with Gasteiger partial charge < -0.3 is 0 Å². The van der Waals surface area contributed by atoms with Gasteiger partial charge in [0.25, 0.3) is 0 Å². The van der Waals surface area contributed by atoms with Gasteiger partial charge in [0.2, 0.25) is 0 Å². The molecule has 0 unspecified atom stereocenters. The Morgan fingerprint density at radius 1 is 1.16 bits per heavy atom. The van der Waals surface area contributed by atoms with E-state index in [1.165, 1.54) is 23.2 Å². The van der Waals surface area contributed by atoms with Crippen molar-refractivity contribution in [2.75, 3.05) is 0 Å². The highest BCUT2D eigenvalue weighted by Gasteiger charge is 2.00. The summed E-state index contributed by atoms with van der Waals surface area (Å²) in [5.74, 6) is 0. The summed E-state index contributed by atoms with van der Waals surface area (Å²) in [5, 5.41) is 11.1. The van der Waals surface area contributed by atoms with Crippen LogP contribution in [0.15, 0.2) is 65.3 Å². The van der Waals surface area contributed by atoms with E-state index < -0.39 is 0 Å². The summed E-state index contributed by atoms with van der Waals surface area (Å²) in [4.78, 5) is 4.01. The fraction of sp³-hybridized carbons (Fsp3) is 0. The predicted octanol–water partition coefficient (Wildman–Crippen LogP) is 4.53. The second-order valence-corrected chi connectivity index (χ2v) is 4.10. The lowest BCUT2D eigenvalue weighted by Crippen LogP contribution is -1.86. The molecule has 0 saturated heterocycles. The zero-order valence-electron chi connectivity index (χ0n) is 10.1. The van der Waals surface area contributed by atoms with Crippen molar-refractivity contribution in [2.45, 2.75) is 0 Å². The molecule has 0 aliphatic carbocycles. The van der Waals surface area contributed by atoms with E-state index in [1.807, 2.05) is 42.5 Å². The third-order valence-corrected chi connectivity index (χ3v) is 2.77. The number of hydrogen-bond acceptors (Lipinski definition) is 2. The minimum absolute atomic E-state index is 0.753. The van der Waals surface area contributed by atoms with Crippen LogP contribution in [0.2, 0.25) is 0 Å². The van der Waals surface area contributed by atoms with Crippen LogP contribution >= 0.6 is 11.6 Å². The number of aliphatic imine (C=N–C) groups is 1. The van der Waals surface area contributed by atoms with E-state index in [0.29, 0.717) is 0 Å². The molecule has 2 aromatic rings. The van der Waals surface area contributed by atoms with E-state index in [9.17, 15) is 0 Å². The Hall–Kier alpha value is -2.37. The normalized spacial score (nSPS) is 12.3. The molecule has 0 fully saturated rings. The van der Waals surface area contributed by atoms with Gasteiger partial charge in [-0.2, -0.15) is 5.26 Å². The Bertz CT molecular complexity index is 706. The molecule has 0 saturated carbocycles. The molecule has 0 aliphatic heterocycles. The lowest BCUT2D eigenvalue weighted by atomic mass is 10.0. The molecule has 0 spiro atoms. The minimum Gasteiger partial charge on any atom is -0.263 e. The zero-order valence-corrected chi connectivity index (χ0v) is 10.9. The van der Waals surface area contributed by atoms with Crippen molar-refractivity contribution in [1.29, 1.82) is 5.26 Å². The lowest BCUT2D eigenvalue weighted by molar-refractivity contribution is 1.53. The molecule has 2 aromatic carbocycles. The number of halogens is 1. The molecule has 2 nitrogen and oxygen atoms in total. The fourth-order valence-corrected chi connectivity index (χ4v) is 1.85. The Kier molecular flexibility index (Phi) is 4.49. The largest absolute Gasteiger partial charge is 0.263 e. The van der Waals surface area contributed by atoms with Gasteiger partial charge in [0.1, 0.15) is 0 Å². The summed E-state index contributed by atoms with van der Waals surface area (Å²) >= 11 is 5.41. The number of nitrogens with zero attached hydrogens (tertiary/aromatic N) is 2. The molecule has 0 aromatic heterocycles. The molecule has 0 atom stereocenters. The van der Waals surface area contributed by atoms with Crippen molar-refractivity contribution >= 4 is 34.2 Å². The van der Waals surface area contributed by atoms with Gasteiger partial charge in [0.15, 0.2) is 0 Å². The van der Waals surface area contributed by atoms with Gasteiger partial charge in [-0.1, -0.05) is 48.0 Å². The first kappa shape index (κ1) is 13.1. The average molecular weight is 267 g/mol. The van der Waals surface area contributed by atoms with Gasteiger partial charge in [-0.05, 0) is 22.4 Å². The standard InChI is InChI=1S/C16H11ClN2/c17-8-10-19-12-16(7-9-18)15-6-5-13-3-1-2-4-14(13)11-15/h1-8,10-12H/b10-8+,16-7-,19-12+. The summed E-state index contributed by atoms with van der Waals surface area (Å²) in [6.07, 6.45) is 4.55. The van der Waals surface area contributed by atoms with Crippen molar-refractivity contribution in [3.8, 4) is 6.07 Å². The van der Waals surface area contributed by atoms with Gasteiger partial charge in [-0.3, -0.25) is 4.99 Å². The van der Waals surface area contributed by atoms with Crippen LogP contribution in [0.5, 0.6) is 0 Å². The molecule has 0 bridgehead atoms. The van der Waals surface area contributed by atoms with E-state index in [-0.39, 0.29) is 0 Å². The first-order valence-corrected chi connectivity index (χ1v) is 6.16. The van der Waals surface area contributed by atoms with Gasteiger partial charge in [0, 0.05) is 29.6 Å². The van der Waals surface area contributed by atoms with Gasteiger partial charge in [-0.15, -0.1) is 0 Å². The fourth-order valence-electron chi connectivity index (χ4n) is 1.79. The smallest absolute Gasteiger partial charge is 0.0919 e. The van der Waals surface area contributed by atoms with E-state index in [1.54, 1.807) is 6.21 Å². The van der Waals surface area contributed by atoms with Crippen LogP contribution in [0.3, 0.4) is 0 Å². The molecular formula is C16H11ClN2. The summed E-state index contributed by atoms with van der Waals surface area (Å²) in [6.45, 7) is 0. The van der Waals surface area contributed by atoms with Crippen LogP contribution in [0.1, 0.15) is 5.56 Å². The van der Waals surface area contributed by atoms with Crippen LogP contribution in [0.25, 0.3) is 16.3 Å². The maximum atomic E-state index is 8.84. The lowest BCUT2D eigenvalue weighted by Gasteiger charge is -2.03. The Balaban J connectivity index is 2.45. The van der Waals surface area contributed by atoms with Crippen molar-refractivity contribution < 1.29 is 0 Å². The molecule has 0 aliphatic rings. The number of allylic oxidation sites excluding steroid dienone is 2. The van der Waals surface area contributed by atoms with E-state index in [4.69, 9.17) is 16.9 Å². The molecule has 3 heteroatoms. The van der Waals surface area contributed by atoms with Crippen LogP contribution < -0.4 is 0 Å². The maximum Gasteiger partial charge on any atom is 0.0919 e. The van der Waals surface area contributed by atoms with Crippen LogP contribution in [-0.4, -0.2) is 6.21 Å². The first-order valence-electron chi connectivity index (χ1n) is 5.72. The van der Waals surface area contributed by atoms with E-state index in [0.717, 1.165) is 16.5 Å². The topological polar surface area (TPSA) is 36.1 Å². The van der Waals surface area contributed by atoms with Crippen LogP contribution in [0, 0.1) is 11.3 Å². The van der Waals surface area contributed by atoms with Crippen LogP contribution in [0.4, 0.5) is 0 Å². The Morgan fingerprint density at radius 3 is 2.68 bits per heavy atom. The SMILES string of the molecule is N#C/C=C(/C=N/C=C/Cl)c1ccc2ccccc2c1. The number of fused-ring (bicyclic) bond motifs is 1. The van der Waals surface area contributed by atoms with Crippen molar-refractivity contribution in [3.05, 3.63) is 65.8 Å². The van der Waals surface area contributed by atoms with Crippen molar-refractivity contribution in [1.82, 2.24) is 0 Å².